The summed E-state index contributed by atoms with van der Waals surface area (Å²) in [5.41, 5.74) is 0. The van der Waals surface area contributed by atoms with Gasteiger partial charge in [-0.15, -0.1) is 16.9 Å². The molecule has 14 heavy (non-hydrogen) atoms. The van der Waals surface area contributed by atoms with Gasteiger partial charge in [0.25, 0.3) is 0 Å². The quantitative estimate of drug-likeness (QED) is 0.766. The van der Waals surface area contributed by atoms with E-state index < -0.39 is 0 Å². The summed E-state index contributed by atoms with van der Waals surface area (Å²) in [6.07, 6.45) is 5.93. The summed E-state index contributed by atoms with van der Waals surface area (Å²) in [7, 11) is 0. The lowest BCUT2D eigenvalue weighted by atomic mass is 10.1. The number of likely N-dealkylation sites (tertiary alicyclic amines) is 1. The van der Waals surface area contributed by atoms with Gasteiger partial charge in [0.15, 0.2) is 0 Å². The fourth-order valence-corrected chi connectivity index (χ4v) is 2.51. The molecule has 0 amide bonds. The molecule has 1 aromatic rings. The van der Waals surface area contributed by atoms with E-state index in [0.717, 1.165) is 10.8 Å². The van der Waals surface area contributed by atoms with Crippen LogP contribution in [0.4, 0.5) is 0 Å². The average molecular weight is 212 g/mol. The topological polar surface area (TPSA) is 44.8 Å². The van der Waals surface area contributed by atoms with Crippen LogP contribution >= 0.6 is 11.8 Å². The third kappa shape index (κ3) is 2.99. The Morgan fingerprint density at radius 2 is 2.21 bits per heavy atom. The first kappa shape index (κ1) is 9.98. The maximum atomic E-state index is 4.01. The molecule has 1 fully saturated rings. The van der Waals surface area contributed by atoms with Crippen molar-refractivity contribution in [3.8, 4) is 0 Å². The summed E-state index contributed by atoms with van der Waals surface area (Å²) >= 11 is 1.77. The molecule has 5 heteroatoms. The normalized spacial score (nSPS) is 18.6. The predicted molar refractivity (Wildman–Crippen MR) is 57.4 cm³/mol. The Hall–Kier alpha value is -0.550. The zero-order chi connectivity index (χ0) is 9.64. The van der Waals surface area contributed by atoms with Gasteiger partial charge in [0, 0.05) is 12.3 Å². The molecule has 4 nitrogen and oxygen atoms in total. The number of H-pyrrole nitrogens is 1. The van der Waals surface area contributed by atoms with Crippen molar-refractivity contribution >= 4 is 11.8 Å². The number of aromatic amines is 1. The number of hydrogen-bond acceptors (Lipinski definition) is 4. The van der Waals surface area contributed by atoms with Crippen molar-refractivity contribution < 1.29 is 0 Å². The molecule has 0 spiro atoms. The van der Waals surface area contributed by atoms with Gasteiger partial charge in [0.05, 0.1) is 6.20 Å². The van der Waals surface area contributed by atoms with E-state index in [1.54, 1.807) is 18.0 Å². The number of hydrogen-bond donors (Lipinski definition) is 1. The van der Waals surface area contributed by atoms with E-state index in [1.165, 1.54) is 38.9 Å². The second-order valence-corrected chi connectivity index (χ2v) is 4.67. The Morgan fingerprint density at radius 3 is 2.93 bits per heavy atom. The lowest BCUT2D eigenvalue weighted by Gasteiger charge is -2.25. The van der Waals surface area contributed by atoms with Gasteiger partial charge in [0.2, 0.25) is 0 Å². The third-order valence-electron chi connectivity index (χ3n) is 2.50. The summed E-state index contributed by atoms with van der Waals surface area (Å²) in [5, 5.41) is 11.4. The van der Waals surface area contributed by atoms with E-state index in [4.69, 9.17) is 0 Å². The lowest BCUT2D eigenvalue weighted by molar-refractivity contribution is 0.242. The van der Waals surface area contributed by atoms with Crippen molar-refractivity contribution in [1.29, 1.82) is 0 Å². The van der Waals surface area contributed by atoms with Gasteiger partial charge in [-0.2, -0.15) is 10.3 Å². The number of piperidine rings is 1. The fraction of sp³-hybridized carbons (Fsp3) is 0.778. The Bertz CT molecular complexity index is 243. The summed E-state index contributed by atoms with van der Waals surface area (Å²) in [6, 6.07) is 0. The van der Waals surface area contributed by atoms with Crippen LogP contribution < -0.4 is 0 Å². The first-order valence-corrected chi connectivity index (χ1v) is 6.14. The van der Waals surface area contributed by atoms with E-state index in [1.807, 2.05) is 0 Å². The van der Waals surface area contributed by atoms with Crippen LogP contribution in [0.2, 0.25) is 0 Å². The van der Waals surface area contributed by atoms with Gasteiger partial charge in [0.1, 0.15) is 5.03 Å². The number of nitrogens with one attached hydrogen (secondary N) is 1. The van der Waals surface area contributed by atoms with Crippen LogP contribution in [0.15, 0.2) is 11.2 Å². The molecule has 0 radical (unpaired) electrons. The first-order valence-electron chi connectivity index (χ1n) is 5.16. The highest BCUT2D eigenvalue weighted by Crippen LogP contribution is 2.14. The van der Waals surface area contributed by atoms with Gasteiger partial charge in [-0.3, -0.25) is 0 Å². The maximum absolute atomic E-state index is 4.01. The summed E-state index contributed by atoms with van der Waals surface area (Å²) in [4.78, 5) is 2.54. The molecule has 0 bridgehead atoms. The van der Waals surface area contributed by atoms with Crippen molar-refractivity contribution in [2.24, 2.45) is 0 Å². The fourth-order valence-electron chi connectivity index (χ4n) is 1.72. The minimum absolute atomic E-state index is 1.00. The van der Waals surface area contributed by atoms with E-state index in [0.29, 0.717) is 0 Å². The minimum Gasteiger partial charge on any atom is -0.303 e. The molecule has 0 aromatic carbocycles. The van der Waals surface area contributed by atoms with Gasteiger partial charge >= 0.3 is 0 Å². The van der Waals surface area contributed by atoms with Crippen molar-refractivity contribution in [2.75, 3.05) is 25.4 Å². The van der Waals surface area contributed by atoms with Crippen LogP contribution in [-0.4, -0.2) is 45.7 Å². The largest absolute Gasteiger partial charge is 0.303 e. The molecule has 1 N–H and O–H groups in total. The molecular weight excluding hydrogens is 196 g/mol. The van der Waals surface area contributed by atoms with Gasteiger partial charge in [-0.1, -0.05) is 6.42 Å². The zero-order valence-corrected chi connectivity index (χ0v) is 9.09. The number of rotatable bonds is 4. The van der Waals surface area contributed by atoms with E-state index in [2.05, 4.69) is 20.3 Å². The van der Waals surface area contributed by atoms with Crippen molar-refractivity contribution in [3.05, 3.63) is 6.20 Å². The molecule has 1 aliphatic heterocycles. The molecule has 1 aromatic heterocycles. The smallest absolute Gasteiger partial charge is 0.138 e. The molecular formula is C9H16N4S. The van der Waals surface area contributed by atoms with E-state index in [9.17, 15) is 0 Å². The van der Waals surface area contributed by atoms with Crippen LogP contribution in [-0.2, 0) is 0 Å². The summed E-state index contributed by atoms with van der Waals surface area (Å²) in [6.45, 7) is 3.73. The number of aromatic nitrogens is 3. The molecule has 2 rings (SSSR count). The van der Waals surface area contributed by atoms with Gasteiger partial charge in [-0.05, 0) is 25.9 Å². The highest BCUT2D eigenvalue weighted by molar-refractivity contribution is 7.99. The third-order valence-corrected chi connectivity index (χ3v) is 3.38. The molecule has 78 valence electrons. The van der Waals surface area contributed by atoms with Crippen LogP contribution in [0.3, 0.4) is 0 Å². The Morgan fingerprint density at radius 1 is 1.36 bits per heavy atom. The second kappa shape index (κ2) is 5.36. The molecule has 0 aliphatic carbocycles. The molecule has 2 heterocycles. The highest BCUT2D eigenvalue weighted by Gasteiger charge is 2.09. The van der Waals surface area contributed by atoms with Crippen LogP contribution in [0.25, 0.3) is 0 Å². The lowest BCUT2D eigenvalue weighted by Crippen LogP contribution is -2.31. The highest BCUT2D eigenvalue weighted by atomic mass is 32.2. The average Bonchev–Trinajstić information content (AvgIpc) is 2.72. The summed E-state index contributed by atoms with van der Waals surface area (Å²) in [5.74, 6) is 1.12. The number of nitrogens with zero attached hydrogens (tertiary/aromatic N) is 3. The van der Waals surface area contributed by atoms with Crippen molar-refractivity contribution in [1.82, 2.24) is 20.3 Å². The van der Waals surface area contributed by atoms with Crippen LogP contribution in [0.5, 0.6) is 0 Å². The van der Waals surface area contributed by atoms with Gasteiger partial charge in [-0.25, -0.2) is 0 Å². The molecule has 0 unspecified atom stereocenters. The molecule has 1 saturated heterocycles. The van der Waals surface area contributed by atoms with E-state index in [-0.39, 0.29) is 0 Å². The van der Waals surface area contributed by atoms with Gasteiger partial charge < -0.3 is 4.90 Å². The Balaban J connectivity index is 1.62. The first-order chi connectivity index (χ1) is 6.95. The minimum atomic E-state index is 1.00. The molecule has 1 aliphatic rings. The monoisotopic (exact) mass is 212 g/mol. The molecule has 0 saturated carbocycles. The summed E-state index contributed by atoms with van der Waals surface area (Å²) < 4.78 is 0. The van der Waals surface area contributed by atoms with E-state index >= 15 is 0 Å². The van der Waals surface area contributed by atoms with Crippen molar-refractivity contribution in [2.45, 2.75) is 24.3 Å². The second-order valence-electron chi connectivity index (χ2n) is 3.56. The van der Waals surface area contributed by atoms with Crippen LogP contribution in [0, 0.1) is 0 Å². The Labute approximate surface area is 88.4 Å². The predicted octanol–water partition coefficient (Wildman–Crippen LogP) is 1.38. The molecule has 0 atom stereocenters. The SMILES string of the molecule is c1n[nH]nc1SCCN1CCCCC1. The Kier molecular flexibility index (Phi) is 3.82. The number of thioether (sulfide) groups is 1. The van der Waals surface area contributed by atoms with Crippen LogP contribution in [0.1, 0.15) is 19.3 Å². The zero-order valence-electron chi connectivity index (χ0n) is 8.28. The standard InChI is InChI=1S/C9H16N4S/c1-2-4-13(5-3-1)6-7-14-9-8-10-12-11-9/h8H,1-7H2,(H,10,11,12). The maximum Gasteiger partial charge on any atom is 0.138 e. The van der Waals surface area contributed by atoms with Crippen molar-refractivity contribution in [3.63, 3.8) is 0 Å².